The number of benzene rings is 1. The first-order valence-corrected chi connectivity index (χ1v) is 7.96. The largest absolute Gasteiger partial charge is 0.384 e. The first kappa shape index (κ1) is 15.3. The Morgan fingerprint density at radius 2 is 2.09 bits per heavy atom. The van der Waals surface area contributed by atoms with Crippen LogP contribution >= 0.6 is 0 Å². The fraction of sp³-hybridized carbons (Fsp3) is 0.500. The molecule has 4 nitrogen and oxygen atoms in total. The Balaban J connectivity index is 1.51. The second-order valence-electron chi connectivity index (χ2n) is 6.78. The lowest BCUT2D eigenvalue weighted by atomic mass is 9.74. The summed E-state index contributed by atoms with van der Waals surface area (Å²) in [4.78, 5) is 0. The molecule has 2 N–H and O–H groups in total. The first-order valence-electron chi connectivity index (χ1n) is 7.96. The summed E-state index contributed by atoms with van der Waals surface area (Å²) in [6, 6.07) is 9.13. The molecule has 0 bridgehead atoms. The molecule has 2 aromatic rings. The lowest BCUT2D eigenvalue weighted by Gasteiger charge is -2.38. The van der Waals surface area contributed by atoms with Crippen molar-refractivity contribution >= 4 is 0 Å². The SMILES string of the molecule is Cc1ccccc1C1CC(NC[C@](C)(O)c2cnn(C)c2)C1. The van der Waals surface area contributed by atoms with Crippen LogP contribution in [0.3, 0.4) is 0 Å². The van der Waals surface area contributed by atoms with Crippen molar-refractivity contribution in [2.24, 2.45) is 7.05 Å². The average molecular weight is 299 g/mol. The lowest BCUT2D eigenvalue weighted by molar-refractivity contribution is 0.0489. The lowest BCUT2D eigenvalue weighted by Crippen LogP contribution is -2.46. The van der Waals surface area contributed by atoms with Crippen molar-refractivity contribution in [3.63, 3.8) is 0 Å². The molecule has 1 aliphatic carbocycles. The van der Waals surface area contributed by atoms with Gasteiger partial charge in [-0.15, -0.1) is 0 Å². The molecule has 0 radical (unpaired) electrons. The van der Waals surface area contributed by atoms with E-state index in [-0.39, 0.29) is 0 Å². The third kappa shape index (κ3) is 3.08. The minimum absolute atomic E-state index is 0.493. The molecule has 118 valence electrons. The molecule has 1 fully saturated rings. The van der Waals surface area contributed by atoms with Gasteiger partial charge in [0.1, 0.15) is 5.60 Å². The highest BCUT2D eigenvalue weighted by Crippen LogP contribution is 2.38. The van der Waals surface area contributed by atoms with Crippen LogP contribution in [-0.4, -0.2) is 27.5 Å². The second kappa shape index (κ2) is 5.86. The summed E-state index contributed by atoms with van der Waals surface area (Å²) in [7, 11) is 1.87. The van der Waals surface area contributed by atoms with E-state index in [2.05, 4.69) is 41.6 Å². The van der Waals surface area contributed by atoms with Crippen molar-refractivity contribution in [3.8, 4) is 0 Å². The van der Waals surface area contributed by atoms with Gasteiger partial charge >= 0.3 is 0 Å². The van der Waals surface area contributed by atoms with Gasteiger partial charge in [-0.25, -0.2) is 0 Å². The van der Waals surface area contributed by atoms with Crippen molar-refractivity contribution in [2.45, 2.75) is 44.2 Å². The molecule has 1 aromatic heterocycles. The number of aliphatic hydroxyl groups is 1. The van der Waals surface area contributed by atoms with Gasteiger partial charge in [0, 0.05) is 31.4 Å². The van der Waals surface area contributed by atoms with Gasteiger partial charge < -0.3 is 10.4 Å². The van der Waals surface area contributed by atoms with Crippen LogP contribution in [0.25, 0.3) is 0 Å². The molecule has 0 saturated heterocycles. The molecule has 1 saturated carbocycles. The maximum absolute atomic E-state index is 10.6. The van der Waals surface area contributed by atoms with Gasteiger partial charge in [0.15, 0.2) is 0 Å². The number of nitrogens with zero attached hydrogens (tertiary/aromatic N) is 2. The molecule has 1 heterocycles. The number of hydrogen-bond donors (Lipinski definition) is 2. The van der Waals surface area contributed by atoms with E-state index in [1.165, 1.54) is 11.1 Å². The number of nitrogens with one attached hydrogen (secondary N) is 1. The zero-order chi connectivity index (χ0) is 15.7. The van der Waals surface area contributed by atoms with Crippen LogP contribution in [0.2, 0.25) is 0 Å². The predicted molar refractivity (Wildman–Crippen MR) is 87.7 cm³/mol. The summed E-state index contributed by atoms with van der Waals surface area (Å²) in [5.74, 6) is 0.655. The van der Waals surface area contributed by atoms with E-state index in [4.69, 9.17) is 0 Å². The normalized spacial score (nSPS) is 23.8. The van der Waals surface area contributed by atoms with Gasteiger partial charge in [-0.2, -0.15) is 5.10 Å². The van der Waals surface area contributed by atoms with E-state index in [9.17, 15) is 5.11 Å². The van der Waals surface area contributed by atoms with Crippen molar-refractivity contribution in [1.29, 1.82) is 0 Å². The zero-order valence-corrected chi connectivity index (χ0v) is 13.6. The minimum atomic E-state index is -0.873. The summed E-state index contributed by atoms with van der Waals surface area (Å²) in [6.07, 6.45) is 5.90. The fourth-order valence-electron chi connectivity index (χ4n) is 3.23. The van der Waals surface area contributed by atoms with Crippen molar-refractivity contribution < 1.29 is 5.11 Å². The standard InChI is InChI=1S/C18H25N3O/c1-13-6-4-5-7-17(13)14-8-16(9-14)19-12-18(2,22)15-10-20-21(3)11-15/h4-7,10-11,14,16,19,22H,8-9,12H2,1-3H3/t14?,16?,18-/m0/s1. The minimum Gasteiger partial charge on any atom is -0.384 e. The van der Waals surface area contributed by atoms with Crippen molar-refractivity contribution in [1.82, 2.24) is 15.1 Å². The molecule has 1 aliphatic rings. The number of aromatic nitrogens is 2. The molecular formula is C18H25N3O. The molecule has 3 rings (SSSR count). The van der Waals surface area contributed by atoms with Crippen LogP contribution in [0.4, 0.5) is 0 Å². The summed E-state index contributed by atoms with van der Waals surface area (Å²) in [6.45, 7) is 4.58. The topological polar surface area (TPSA) is 50.1 Å². The first-order chi connectivity index (χ1) is 10.5. The van der Waals surface area contributed by atoms with Crippen LogP contribution in [0, 0.1) is 6.92 Å². The summed E-state index contributed by atoms with van der Waals surface area (Å²) < 4.78 is 1.72. The molecule has 4 heteroatoms. The summed E-state index contributed by atoms with van der Waals surface area (Å²) >= 11 is 0. The van der Waals surface area contributed by atoms with E-state index in [1.807, 2.05) is 20.2 Å². The van der Waals surface area contributed by atoms with Gasteiger partial charge in [0.25, 0.3) is 0 Å². The van der Waals surface area contributed by atoms with E-state index < -0.39 is 5.60 Å². The Bertz CT molecular complexity index is 641. The fourth-order valence-corrected chi connectivity index (χ4v) is 3.23. The Labute approximate surface area is 132 Å². The maximum Gasteiger partial charge on any atom is 0.102 e. The zero-order valence-electron chi connectivity index (χ0n) is 13.6. The van der Waals surface area contributed by atoms with E-state index in [0.717, 1.165) is 18.4 Å². The maximum atomic E-state index is 10.6. The number of hydrogen-bond acceptors (Lipinski definition) is 3. The van der Waals surface area contributed by atoms with E-state index in [1.54, 1.807) is 10.9 Å². The van der Waals surface area contributed by atoms with Crippen LogP contribution in [0.1, 0.15) is 42.4 Å². The van der Waals surface area contributed by atoms with Crippen LogP contribution in [0.5, 0.6) is 0 Å². The molecule has 0 amide bonds. The third-order valence-corrected chi connectivity index (χ3v) is 4.83. The van der Waals surface area contributed by atoms with Gasteiger partial charge in [-0.3, -0.25) is 4.68 Å². The van der Waals surface area contributed by atoms with E-state index >= 15 is 0 Å². The molecule has 1 aromatic carbocycles. The Morgan fingerprint density at radius 3 is 2.73 bits per heavy atom. The van der Waals surface area contributed by atoms with Gasteiger partial charge in [0.05, 0.1) is 6.20 Å². The molecule has 0 aliphatic heterocycles. The highest BCUT2D eigenvalue weighted by atomic mass is 16.3. The smallest absolute Gasteiger partial charge is 0.102 e. The summed E-state index contributed by atoms with van der Waals surface area (Å²) in [5, 5.41) is 18.2. The molecule has 0 spiro atoms. The quantitative estimate of drug-likeness (QED) is 0.892. The number of aryl methyl sites for hydroxylation is 2. The van der Waals surface area contributed by atoms with Crippen LogP contribution in [0.15, 0.2) is 36.7 Å². The van der Waals surface area contributed by atoms with Crippen LogP contribution < -0.4 is 5.32 Å². The Kier molecular flexibility index (Phi) is 4.06. The Hall–Kier alpha value is -1.65. The highest BCUT2D eigenvalue weighted by Gasteiger charge is 2.33. The summed E-state index contributed by atoms with van der Waals surface area (Å²) in [5.41, 5.74) is 2.84. The highest BCUT2D eigenvalue weighted by molar-refractivity contribution is 5.31. The van der Waals surface area contributed by atoms with Crippen LogP contribution in [-0.2, 0) is 12.6 Å². The van der Waals surface area contributed by atoms with Crippen molar-refractivity contribution in [3.05, 3.63) is 53.3 Å². The van der Waals surface area contributed by atoms with Gasteiger partial charge in [0.2, 0.25) is 0 Å². The molecule has 22 heavy (non-hydrogen) atoms. The molecule has 0 unspecified atom stereocenters. The Morgan fingerprint density at radius 1 is 1.36 bits per heavy atom. The van der Waals surface area contributed by atoms with Crippen molar-refractivity contribution in [2.75, 3.05) is 6.54 Å². The average Bonchev–Trinajstić information content (AvgIpc) is 2.86. The molecular weight excluding hydrogens is 274 g/mol. The second-order valence-corrected chi connectivity index (χ2v) is 6.78. The number of rotatable bonds is 5. The van der Waals surface area contributed by atoms with E-state index in [0.29, 0.717) is 18.5 Å². The van der Waals surface area contributed by atoms with Gasteiger partial charge in [-0.1, -0.05) is 24.3 Å². The van der Waals surface area contributed by atoms with Gasteiger partial charge in [-0.05, 0) is 43.7 Å². The molecule has 1 atom stereocenters. The predicted octanol–water partition coefficient (Wildman–Crippen LogP) is 2.47. The third-order valence-electron chi connectivity index (χ3n) is 4.83. The monoisotopic (exact) mass is 299 g/mol.